The Balaban J connectivity index is 1.82. The zero-order valence-electron chi connectivity index (χ0n) is 12.2. The third-order valence-electron chi connectivity index (χ3n) is 3.66. The molecule has 0 saturated carbocycles. The predicted molar refractivity (Wildman–Crippen MR) is 77.2 cm³/mol. The highest BCUT2D eigenvalue weighted by Gasteiger charge is 2.36. The van der Waals surface area contributed by atoms with E-state index in [2.05, 4.69) is 24.5 Å². The molecule has 1 fully saturated rings. The topological polar surface area (TPSA) is 87.7 Å². The molecule has 0 bridgehead atoms. The molecule has 1 heterocycles. The van der Waals surface area contributed by atoms with E-state index in [0.29, 0.717) is 19.8 Å². The number of urea groups is 1. The van der Waals surface area contributed by atoms with Crippen LogP contribution in [0.2, 0.25) is 0 Å². The first-order valence-electron chi connectivity index (χ1n) is 6.83. The molecule has 2 amide bonds. The van der Waals surface area contributed by atoms with Crippen molar-refractivity contribution in [1.82, 2.24) is 10.6 Å². The maximum absolute atomic E-state index is 11.9. The highest BCUT2D eigenvalue weighted by atomic mass is 16.5. The van der Waals surface area contributed by atoms with Crippen molar-refractivity contribution in [2.75, 3.05) is 13.2 Å². The fourth-order valence-electron chi connectivity index (χ4n) is 2.16. The van der Waals surface area contributed by atoms with Gasteiger partial charge in [-0.05, 0) is 17.7 Å². The van der Waals surface area contributed by atoms with Crippen molar-refractivity contribution in [1.29, 1.82) is 0 Å². The van der Waals surface area contributed by atoms with Crippen molar-refractivity contribution in [2.45, 2.75) is 26.4 Å². The Morgan fingerprint density at radius 1 is 1.33 bits per heavy atom. The van der Waals surface area contributed by atoms with E-state index >= 15 is 0 Å². The summed E-state index contributed by atoms with van der Waals surface area (Å²) in [5.41, 5.74) is 1.01. The highest BCUT2D eigenvalue weighted by molar-refractivity contribution is 5.87. The second-order valence-corrected chi connectivity index (χ2v) is 5.89. The van der Waals surface area contributed by atoms with Gasteiger partial charge in [-0.3, -0.25) is 0 Å². The summed E-state index contributed by atoms with van der Waals surface area (Å²) in [5.74, 6) is -0.962. The van der Waals surface area contributed by atoms with Crippen LogP contribution in [0.15, 0.2) is 24.3 Å². The number of carboxylic acids is 1. The van der Waals surface area contributed by atoms with E-state index in [-0.39, 0.29) is 23.1 Å². The number of ether oxygens (including phenoxy) is 1. The molecule has 1 saturated heterocycles. The van der Waals surface area contributed by atoms with Crippen molar-refractivity contribution in [2.24, 2.45) is 5.41 Å². The Labute approximate surface area is 123 Å². The third kappa shape index (κ3) is 3.95. The minimum absolute atomic E-state index is 0.00751. The van der Waals surface area contributed by atoms with Crippen molar-refractivity contribution in [3.8, 4) is 0 Å². The summed E-state index contributed by atoms with van der Waals surface area (Å²) < 4.78 is 5.37. The van der Waals surface area contributed by atoms with Crippen LogP contribution in [0.25, 0.3) is 0 Å². The lowest BCUT2D eigenvalue weighted by Crippen LogP contribution is -2.48. The Kier molecular flexibility index (Phi) is 4.47. The van der Waals surface area contributed by atoms with Crippen LogP contribution < -0.4 is 10.6 Å². The molecule has 0 aliphatic carbocycles. The molecule has 114 valence electrons. The number of carbonyl (C=O) groups excluding carboxylic acids is 1. The summed E-state index contributed by atoms with van der Waals surface area (Å²) in [4.78, 5) is 22.6. The van der Waals surface area contributed by atoms with E-state index in [1.807, 2.05) is 0 Å². The SMILES string of the molecule is CC1(C)COCC1NC(=O)NCc1ccc(C(=O)O)cc1. The number of carboxylic acid groups (broad SMARTS) is 1. The quantitative estimate of drug-likeness (QED) is 0.786. The van der Waals surface area contributed by atoms with Gasteiger partial charge in [0.2, 0.25) is 0 Å². The largest absolute Gasteiger partial charge is 0.478 e. The molecule has 6 heteroatoms. The number of carbonyl (C=O) groups is 2. The standard InChI is InChI=1S/C15H20N2O4/c1-15(2)9-21-8-12(15)17-14(20)16-7-10-3-5-11(6-4-10)13(18)19/h3-6,12H,7-9H2,1-2H3,(H,18,19)(H2,16,17,20). The van der Waals surface area contributed by atoms with Gasteiger partial charge in [-0.1, -0.05) is 26.0 Å². The molecule has 0 spiro atoms. The van der Waals surface area contributed by atoms with Gasteiger partial charge in [0.05, 0.1) is 24.8 Å². The predicted octanol–water partition coefficient (Wildman–Crippen LogP) is 1.61. The Morgan fingerprint density at radius 2 is 2.00 bits per heavy atom. The Bertz CT molecular complexity index is 525. The van der Waals surface area contributed by atoms with Gasteiger partial charge in [-0.15, -0.1) is 0 Å². The first-order valence-corrected chi connectivity index (χ1v) is 6.83. The summed E-state index contributed by atoms with van der Waals surface area (Å²) in [6, 6.07) is 6.16. The van der Waals surface area contributed by atoms with Crippen LogP contribution in [-0.4, -0.2) is 36.4 Å². The molecular formula is C15H20N2O4. The summed E-state index contributed by atoms with van der Waals surface area (Å²) >= 11 is 0. The first kappa shape index (κ1) is 15.3. The second kappa shape index (κ2) is 6.13. The molecule has 21 heavy (non-hydrogen) atoms. The Hall–Kier alpha value is -2.08. The van der Waals surface area contributed by atoms with E-state index in [0.717, 1.165) is 5.56 Å². The molecule has 0 radical (unpaired) electrons. The maximum Gasteiger partial charge on any atom is 0.335 e. The summed E-state index contributed by atoms with van der Waals surface area (Å²) in [7, 11) is 0. The molecule has 1 aliphatic heterocycles. The van der Waals surface area contributed by atoms with Gasteiger partial charge >= 0.3 is 12.0 Å². The number of amides is 2. The molecule has 1 aliphatic rings. The zero-order valence-corrected chi connectivity index (χ0v) is 12.2. The summed E-state index contributed by atoms with van der Waals surface area (Å²) in [6.45, 7) is 5.60. The minimum Gasteiger partial charge on any atom is -0.478 e. The molecule has 1 aromatic rings. The number of hydrogen-bond acceptors (Lipinski definition) is 3. The summed E-state index contributed by atoms with van der Waals surface area (Å²) in [5, 5.41) is 14.5. The van der Waals surface area contributed by atoms with Crippen LogP contribution in [0.1, 0.15) is 29.8 Å². The number of nitrogens with one attached hydrogen (secondary N) is 2. The van der Waals surface area contributed by atoms with Gasteiger partial charge in [-0.2, -0.15) is 0 Å². The number of rotatable bonds is 4. The summed E-state index contributed by atoms with van der Waals surface area (Å²) in [6.07, 6.45) is 0. The monoisotopic (exact) mass is 292 g/mol. The van der Waals surface area contributed by atoms with Crippen molar-refractivity contribution in [3.05, 3.63) is 35.4 Å². The number of benzene rings is 1. The number of aromatic carboxylic acids is 1. The molecule has 6 nitrogen and oxygen atoms in total. The van der Waals surface area contributed by atoms with Gasteiger partial charge in [0.15, 0.2) is 0 Å². The molecule has 0 aromatic heterocycles. The van der Waals surface area contributed by atoms with E-state index in [9.17, 15) is 9.59 Å². The van der Waals surface area contributed by atoms with Crippen molar-refractivity contribution < 1.29 is 19.4 Å². The average molecular weight is 292 g/mol. The normalized spacial score (nSPS) is 20.0. The van der Waals surface area contributed by atoms with Crippen molar-refractivity contribution in [3.63, 3.8) is 0 Å². The fourth-order valence-corrected chi connectivity index (χ4v) is 2.16. The van der Waals surface area contributed by atoms with Gasteiger partial charge in [-0.25, -0.2) is 9.59 Å². The fraction of sp³-hybridized carbons (Fsp3) is 0.467. The molecule has 1 atom stereocenters. The van der Waals surface area contributed by atoms with Crippen LogP contribution in [0.3, 0.4) is 0 Å². The average Bonchev–Trinajstić information content (AvgIpc) is 2.76. The van der Waals surface area contributed by atoms with Crippen LogP contribution in [-0.2, 0) is 11.3 Å². The van der Waals surface area contributed by atoms with Crippen LogP contribution in [0, 0.1) is 5.41 Å². The van der Waals surface area contributed by atoms with Gasteiger partial charge in [0, 0.05) is 12.0 Å². The number of hydrogen-bond donors (Lipinski definition) is 3. The molecule has 1 aromatic carbocycles. The smallest absolute Gasteiger partial charge is 0.335 e. The minimum atomic E-state index is -0.962. The zero-order chi connectivity index (χ0) is 15.5. The lowest BCUT2D eigenvalue weighted by atomic mass is 9.88. The molecular weight excluding hydrogens is 272 g/mol. The lowest BCUT2D eigenvalue weighted by molar-refractivity contribution is 0.0697. The Morgan fingerprint density at radius 3 is 2.52 bits per heavy atom. The molecule has 2 rings (SSSR count). The molecule has 1 unspecified atom stereocenters. The van der Waals surface area contributed by atoms with E-state index < -0.39 is 5.97 Å². The maximum atomic E-state index is 11.9. The molecule has 3 N–H and O–H groups in total. The van der Waals surface area contributed by atoms with Crippen LogP contribution in [0.5, 0.6) is 0 Å². The van der Waals surface area contributed by atoms with Crippen LogP contribution >= 0.6 is 0 Å². The third-order valence-corrected chi connectivity index (χ3v) is 3.66. The van der Waals surface area contributed by atoms with E-state index in [1.54, 1.807) is 12.1 Å². The van der Waals surface area contributed by atoms with E-state index in [1.165, 1.54) is 12.1 Å². The van der Waals surface area contributed by atoms with Crippen molar-refractivity contribution >= 4 is 12.0 Å². The lowest BCUT2D eigenvalue weighted by Gasteiger charge is -2.25. The highest BCUT2D eigenvalue weighted by Crippen LogP contribution is 2.27. The first-order chi connectivity index (χ1) is 9.88. The van der Waals surface area contributed by atoms with Crippen LogP contribution in [0.4, 0.5) is 4.79 Å². The van der Waals surface area contributed by atoms with E-state index in [4.69, 9.17) is 9.84 Å². The van der Waals surface area contributed by atoms with Gasteiger partial charge in [0.25, 0.3) is 0 Å². The second-order valence-electron chi connectivity index (χ2n) is 5.89. The van der Waals surface area contributed by atoms with Gasteiger partial charge < -0.3 is 20.5 Å². The van der Waals surface area contributed by atoms with Gasteiger partial charge in [0.1, 0.15) is 0 Å².